The van der Waals surface area contributed by atoms with E-state index in [2.05, 4.69) is 10.6 Å². The van der Waals surface area contributed by atoms with Crippen LogP contribution in [0.3, 0.4) is 0 Å². The first-order valence-corrected chi connectivity index (χ1v) is 6.14. The lowest BCUT2D eigenvalue weighted by atomic mass is 10.1. The maximum atomic E-state index is 10.7. The summed E-state index contributed by atoms with van der Waals surface area (Å²) in [6.07, 6.45) is 5.36. The molecule has 0 radical (unpaired) electrons. The maximum absolute atomic E-state index is 10.7. The number of hydrogen-bond donors (Lipinski definition) is 3. The number of urea groups is 1. The number of anilines is 2. The number of nitrogens with one attached hydrogen (secondary N) is 2. The number of nitrogens with two attached hydrogens (primary N) is 1. The predicted molar refractivity (Wildman–Crippen MR) is 70.1 cm³/mol. The van der Waals surface area contributed by atoms with Crippen LogP contribution in [-0.4, -0.2) is 12.6 Å². The minimum atomic E-state index is -0.530. The summed E-state index contributed by atoms with van der Waals surface area (Å²) in [7, 11) is 0. The van der Waals surface area contributed by atoms with Crippen LogP contribution in [0.15, 0.2) is 24.3 Å². The second-order valence-corrected chi connectivity index (χ2v) is 4.60. The molecule has 1 fully saturated rings. The van der Waals surface area contributed by atoms with Crippen LogP contribution in [0, 0.1) is 5.92 Å². The number of carbonyl (C=O) groups excluding carboxylic acids is 1. The topological polar surface area (TPSA) is 67.2 Å². The Morgan fingerprint density at radius 1 is 1.29 bits per heavy atom. The third kappa shape index (κ3) is 3.66. The molecule has 1 aliphatic carbocycles. The minimum absolute atomic E-state index is 0.530. The fourth-order valence-corrected chi connectivity index (χ4v) is 2.33. The van der Waals surface area contributed by atoms with Crippen LogP contribution in [0.1, 0.15) is 25.7 Å². The zero-order valence-corrected chi connectivity index (χ0v) is 9.91. The van der Waals surface area contributed by atoms with Crippen molar-refractivity contribution in [2.45, 2.75) is 25.7 Å². The largest absolute Gasteiger partial charge is 0.385 e. The van der Waals surface area contributed by atoms with Gasteiger partial charge in [0.05, 0.1) is 0 Å². The SMILES string of the molecule is NC(=O)Nc1cccc(NCC2CCCC2)c1. The van der Waals surface area contributed by atoms with E-state index in [9.17, 15) is 4.79 Å². The van der Waals surface area contributed by atoms with Crippen LogP contribution in [-0.2, 0) is 0 Å². The molecule has 0 saturated heterocycles. The van der Waals surface area contributed by atoms with E-state index in [1.54, 1.807) is 0 Å². The average molecular weight is 233 g/mol. The van der Waals surface area contributed by atoms with Gasteiger partial charge in [0.2, 0.25) is 0 Å². The molecule has 4 N–H and O–H groups in total. The summed E-state index contributed by atoms with van der Waals surface area (Å²) in [4.78, 5) is 10.7. The van der Waals surface area contributed by atoms with E-state index in [-0.39, 0.29) is 0 Å². The summed E-state index contributed by atoms with van der Waals surface area (Å²) in [6, 6.07) is 7.10. The van der Waals surface area contributed by atoms with Crippen molar-refractivity contribution in [3.8, 4) is 0 Å². The normalized spacial score (nSPS) is 15.8. The van der Waals surface area contributed by atoms with Gasteiger partial charge in [-0.1, -0.05) is 18.9 Å². The molecule has 2 rings (SSSR count). The van der Waals surface area contributed by atoms with E-state index in [4.69, 9.17) is 5.73 Å². The van der Waals surface area contributed by atoms with Gasteiger partial charge in [-0.3, -0.25) is 0 Å². The van der Waals surface area contributed by atoms with Crippen molar-refractivity contribution in [2.24, 2.45) is 11.7 Å². The molecule has 4 nitrogen and oxygen atoms in total. The lowest BCUT2D eigenvalue weighted by Gasteiger charge is -2.12. The first-order chi connectivity index (χ1) is 8.24. The van der Waals surface area contributed by atoms with E-state index in [0.717, 1.165) is 23.8 Å². The van der Waals surface area contributed by atoms with Crippen LogP contribution >= 0.6 is 0 Å². The molecule has 4 heteroatoms. The molecule has 17 heavy (non-hydrogen) atoms. The molecular weight excluding hydrogens is 214 g/mol. The molecule has 92 valence electrons. The molecule has 1 aromatic rings. The summed E-state index contributed by atoms with van der Waals surface area (Å²) < 4.78 is 0. The van der Waals surface area contributed by atoms with Gasteiger partial charge in [0.15, 0.2) is 0 Å². The van der Waals surface area contributed by atoms with Gasteiger partial charge in [-0.15, -0.1) is 0 Å². The average Bonchev–Trinajstić information content (AvgIpc) is 2.79. The second-order valence-electron chi connectivity index (χ2n) is 4.60. The summed E-state index contributed by atoms with van der Waals surface area (Å²) >= 11 is 0. The highest BCUT2D eigenvalue weighted by Crippen LogP contribution is 2.25. The second kappa shape index (κ2) is 5.57. The van der Waals surface area contributed by atoms with E-state index in [1.165, 1.54) is 25.7 Å². The van der Waals surface area contributed by atoms with Gasteiger partial charge in [0.1, 0.15) is 0 Å². The molecule has 1 aromatic carbocycles. The van der Waals surface area contributed by atoms with Gasteiger partial charge < -0.3 is 16.4 Å². The van der Waals surface area contributed by atoms with Gasteiger partial charge >= 0.3 is 6.03 Å². The van der Waals surface area contributed by atoms with Crippen molar-refractivity contribution < 1.29 is 4.79 Å². The molecule has 0 spiro atoms. The highest BCUT2D eigenvalue weighted by Gasteiger charge is 2.14. The zero-order chi connectivity index (χ0) is 12.1. The summed E-state index contributed by atoms with van der Waals surface area (Å²) in [6.45, 7) is 1.01. The first-order valence-electron chi connectivity index (χ1n) is 6.14. The number of carbonyl (C=O) groups is 1. The Morgan fingerprint density at radius 3 is 2.71 bits per heavy atom. The predicted octanol–water partition coefficient (Wildman–Crippen LogP) is 2.78. The van der Waals surface area contributed by atoms with Crippen LogP contribution < -0.4 is 16.4 Å². The number of primary amides is 1. The molecule has 0 atom stereocenters. The highest BCUT2D eigenvalue weighted by atomic mass is 16.2. The van der Waals surface area contributed by atoms with Gasteiger partial charge in [-0.05, 0) is 37.0 Å². The Kier molecular flexibility index (Phi) is 3.85. The molecule has 1 saturated carbocycles. The maximum Gasteiger partial charge on any atom is 0.316 e. The van der Waals surface area contributed by atoms with Crippen LogP contribution in [0.25, 0.3) is 0 Å². The van der Waals surface area contributed by atoms with E-state index >= 15 is 0 Å². The monoisotopic (exact) mass is 233 g/mol. The Bertz CT molecular complexity index is 386. The molecule has 0 heterocycles. The minimum Gasteiger partial charge on any atom is -0.385 e. The van der Waals surface area contributed by atoms with Gasteiger partial charge in [0, 0.05) is 17.9 Å². The lowest BCUT2D eigenvalue weighted by molar-refractivity contribution is 0.259. The molecule has 0 unspecified atom stereocenters. The molecule has 2 amide bonds. The Labute approximate surface area is 102 Å². The number of benzene rings is 1. The first kappa shape index (κ1) is 11.8. The van der Waals surface area contributed by atoms with Crippen molar-refractivity contribution in [1.82, 2.24) is 0 Å². The molecule has 1 aliphatic rings. The van der Waals surface area contributed by atoms with Crippen LogP contribution in [0.5, 0.6) is 0 Å². The van der Waals surface area contributed by atoms with Gasteiger partial charge in [0.25, 0.3) is 0 Å². The van der Waals surface area contributed by atoms with Crippen molar-refractivity contribution in [3.63, 3.8) is 0 Å². The van der Waals surface area contributed by atoms with Crippen molar-refractivity contribution in [1.29, 1.82) is 0 Å². The Balaban J connectivity index is 1.88. The number of rotatable bonds is 4. The Hall–Kier alpha value is -1.71. The van der Waals surface area contributed by atoms with Crippen molar-refractivity contribution >= 4 is 17.4 Å². The molecule has 0 aromatic heterocycles. The quantitative estimate of drug-likeness (QED) is 0.748. The van der Waals surface area contributed by atoms with E-state index in [1.807, 2.05) is 24.3 Å². The lowest BCUT2D eigenvalue weighted by Crippen LogP contribution is -2.19. The molecular formula is C13H19N3O. The van der Waals surface area contributed by atoms with Gasteiger partial charge in [-0.2, -0.15) is 0 Å². The highest BCUT2D eigenvalue weighted by molar-refractivity contribution is 5.88. The summed E-state index contributed by atoms with van der Waals surface area (Å²) in [5, 5.41) is 5.98. The zero-order valence-electron chi connectivity index (χ0n) is 9.91. The fraction of sp³-hybridized carbons (Fsp3) is 0.462. The van der Waals surface area contributed by atoms with Crippen LogP contribution in [0.4, 0.5) is 16.2 Å². The van der Waals surface area contributed by atoms with E-state index < -0.39 is 6.03 Å². The van der Waals surface area contributed by atoms with E-state index in [0.29, 0.717) is 0 Å². The summed E-state index contributed by atoms with van der Waals surface area (Å²) in [5.74, 6) is 0.794. The van der Waals surface area contributed by atoms with Crippen molar-refractivity contribution in [3.05, 3.63) is 24.3 Å². The standard InChI is InChI=1S/C13H19N3O/c14-13(17)16-12-7-3-6-11(8-12)15-9-10-4-1-2-5-10/h3,6-8,10,15H,1-2,4-5,9H2,(H3,14,16,17). The smallest absolute Gasteiger partial charge is 0.316 e. The van der Waals surface area contributed by atoms with Gasteiger partial charge in [-0.25, -0.2) is 4.79 Å². The number of hydrogen-bond acceptors (Lipinski definition) is 2. The Morgan fingerprint density at radius 2 is 2.00 bits per heavy atom. The summed E-state index contributed by atoms with van der Waals surface area (Å²) in [5.41, 5.74) is 6.84. The number of amides is 2. The van der Waals surface area contributed by atoms with Crippen molar-refractivity contribution in [2.75, 3.05) is 17.2 Å². The third-order valence-corrected chi connectivity index (χ3v) is 3.20. The fourth-order valence-electron chi connectivity index (χ4n) is 2.33. The van der Waals surface area contributed by atoms with Crippen LogP contribution in [0.2, 0.25) is 0 Å². The molecule has 0 aliphatic heterocycles. The third-order valence-electron chi connectivity index (χ3n) is 3.20. The molecule has 0 bridgehead atoms.